The minimum absolute atomic E-state index is 0.105. The summed E-state index contributed by atoms with van der Waals surface area (Å²) in [6.07, 6.45) is 0. The van der Waals surface area contributed by atoms with Crippen molar-refractivity contribution in [2.75, 3.05) is 19.0 Å². The zero-order valence-corrected chi connectivity index (χ0v) is 15.3. The fourth-order valence-corrected chi connectivity index (χ4v) is 2.88. The first kappa shape index (κ1) is 17.6. The van der Waals surface area contributed by atoms with Crippen LogP contribution in [-0.2, 0) is 4.79 Å². The third-order valence-corrected chi connectivity index (χ3v) is 4.26. The van der Waals surface area contributed by atoms with Gasteiger partial charge in [0.1, 0.15) is 5.82 Å². The number of rotatable bonds is 6. The second kappa shape index (κ2) is 7.84. The van der Waals surface area contributed by atoms with Crippen LogP contribution in [0.4, 0.5) is 5.69 Å². The van der Waals surface area contributed by atoms with Crippen LogP contribution in [0.1, 0.15) is 0 Å². The number of ether oxygens (including phenoxy) is 2. The van der Waals surface area contributed by atoms with E-state index in [1.807, 2.05) is 60.7 Å². The number of nitrogens with one attached hydrogen (secondary N) is 2. The predicted octanol–water partition coefficient (Wildman–Crippen LogP) is 4.26. The van der Waals surface area contributed by atoms with E-state index in [0.29, 0.717) is 17.2 Å². The summed E-state index contributed by atoms with van der Waals surface area (Å²) >= 11 is 0. The summed E-state index contributed by atoms with van der Waals surface area (Å²) in [4.78, 5) is 20.0. The number of aromatic nitrogens is 2. The number of para-hydroxylation sites is 4. The van der Waals surface area contributed by atoms with Gasteiger partial charge in [-0.25, -0.2) is 4.98 Å². The lowest BCUT2D eigenvalue weighted by Gasteiger charge is -2.10. The summed E-state index contributed by atoms with van der Waals surface area (Å²) in [6.45, 7) is -0.105. The van der Waals surface area contributed by atoms with Crippen molar-refractivity contribution in [2.24, 2.45) is 0 Å². The summed E-state index contributed by atoms with van der Waals surface area (Å²) in [5.74, 6) is 1.66. The van der Waals surface area contributed by atoms with Crippen LogP contribution < -0.4 is 14.8 Å². The molecular weight excluding hydrogens is 354 g/mol. The van der Waals surface area contributed by atoms with Gasteiger partial charge in [0.25, 0.3) is 5.91 Å². The summed E-state index contributed by atoms with van der Waals surface area (Å²) in [5, 5.41) is 2.82. The highest BCUT2D eigenvalue weighted by Crippen LogP contribution is 2.26. The molecule has 0 atom stereocenters. The number of nitrogens with zero attached hydrogens (tertiary/aromatic N) is 1. The molecule has 1 aromatic heterocycles. The number of anilines is 1. The molecule has 0 radical (unpaired) electrons. The molecule has 6 heteroatoms. The third-order valence-electron chi connectivity index (χ3n) is 4.26. The van der Waals surface area contributed by atoms with Crippen molar-refractivity contribution >= 4 is 22.6 Å². The van der Waals surface area contributed by atoms with Gasteiger partial charge in [-0.3, -0.25) is 4.79 Å². The highest BCUT2D eigenvalue weighted by Gasteiger charge is 2.08. The number of imidazole rings is 1. The molecule has 1 heterocycles. The van der Waals surface area contributed by atoms with Crippen molar-refractivity contribution < 1.29 is 14.3 Å². The molecular formula is C22H19N3O3. The third kappa shape index (κ3) is 3.81. The molecule has 0 bridgehead atoms. The van der Waals surface area contributed by atoms with E-state index in [9.17, 15) is 4.79 Å². The standard InChI is InChI=1S/C22H19N3O3/c1-27-19-8-4-5-9-20(19)28-14-21(26)23-16-12-10-15(11-13-16)22-24-17-6-2-3-7-18(17)25-22/h2-13H,14H2,1H3,(H,23,26)(H,24,25). The molecule has 0 spiro atoms. The number of aromatic amines is 1. The quantitative estimate of drug-likeness (QED) is 0.530. The van der Waals surface area contributed by atoms with Crippen molar-refractivity contribution in [1.29, 1.82) is 0 Å². The van der Waals surface area contributed by atoms with Crippen molar-refractivity contribution in [3.8, 4) is 22.9 Å². The first-order valence-electron chi connectivity index (χ1n) is 8.84. The molecule has 3 aromatic carbocycles. The largest absolute Gasteiger partial charge is 0.493 e. The van der Waals surface area contributed by atoms with Gasteiger partial charge in [-0.2, -0.15) is 0 Å². The Balaban J connectivity index is 1.39. The Bertz CT molecular complexity index is 1070. The van der Waals surface area contributed by atoms with E-state index in [-0.39, 0.29) is 12.5 Å². The van der Waals surface area contributed by atoms with Gasteiger partial charge in [-0.1, -0.05) is 24.3 Å². The zero-order valence-electron chi connectivity index (χ0n) is 15.3. The van der Waals surface area contributed by atoms with E-state index in [4.69, 9.17) is 9.47 Å². The Kier molecular flexibility index (Phi) is 4.93. The van der Waals surface area contributed by atoms with Crippen molar-refractivity contribution in [3.63, 3.8) is 0 Å². The van der Waals surface area contributed by atoms with Crippen LogP contribution in [-0.4, -0.2) is 29.6 Å². The molecule has 0 fully saturated rings. The van der Waals surface area contributed by atoms with Gasteiger partial charge in [0.2, 0.25) is 0 Å². The van der Waals surface area contributed by atoms with E-state index in [1.54, 1.807) is 19.2 Å². The van der Waals surface area contributed by atoms with Gasteiger partial charge in [0.15, 0.2) is 18.1 Å². The predicted molar refractivity (Wildman–Crippen MR) is 109 cm³/mol. The molecule has 2 N–H and O–H groups in total. The Labute approximate surface area is 162 Å². The molecule has 0 aliphatic carbocycles. The smallest absolute Gasteiger partial charge is 0.262 e. The van der Waals surface area contributed by atoms with E-state index in [2.05, 4.69) is 15.3 Å². The number of amides is 1. The maximum absolute atomic E-state index is 12.2. The molecule has 0 unspecified atom stereocenters. The van der Waals surface area contributed by atoms with Crippen LogP contribution >= 0.6 is 0 Å². The molecule has 4 aromatic rings. The maximum atomic E-state index is 12.2. The van der Waals surface area contributed by atoms with E-state index >= 15 is 0 Å². The Hall–Kier alpha value is -3.80. The van der Waals surface area contributed by atoms with Crippen LogP contribution in [0.2, 0.25) is 0 Å². The number of benzene rings is 3. The number of methoxy groups -OCH3 is 1. The molecule has 4 rings (SSSR count). The Morgan fingerprint density at radius 3 is 2.43 bits per heavy atom. The molecule has 0 saturated heterocycles. The monoisotopic (exact) mass is 373 g/mol. The van der Waals surface area contributed by atoms with Crippen LogP contribution in [0.15, 0.2) is 72.8 Å². The highest BCUT2D eigenvalue weighted by atomic mass is 16.5. The summed E-state index contributed by atoms with van der Waals surface area (Å²) in [5.41, 5.74) is 3.54. The minimum Gasteiger partial charge on any atom is -0.493 e. The van der Waals surface area contributed by atoms with E-state index < -0.39 is 0 Å². The summed E-state index contributed by atoms with van der Waals surface area (Å²) in [7, 11) is 1.56. The molecule has 28 heavy (non-hydrogen) atoms. The van der Waals surface area contributed by atoms with E-state index in [0.717, 1.165) is 22.4 Å². The molecule has 0 aliphatic rings. The van der Waals surface area contributed by atoms with Gasteiger partial charge in [0.05, 0.1) is 18.1 Å². The first-order valence-corrected chi connectivity index (χ1v) is 8.84. The van der Waals surface area contributed by atoms with Crippen LogP contribution in [0, 0.1) is 0 Å². The molecule has 140 valence electrons. The summed E-state index contributed by atoms with van der Waals surface area (Å²) < 4.78 is 10.7. The summed E-state index contributed by atoms with van der Waals surface area (Å²) in [6, 6.07) is 22.6. The highest BCUT2D eigenvalue weighted by molar-refractivity contribution is 5.92. The van der Waals surface area contributed by atoms with Gasteiger partial charge in [0, 0.05) is 11.3 Å². The van der Waals surface area contributed by atoms with E-state index in [1.165, 1.54) is 0 Å². The second-order valence-corrected chi connectivity index (χ2v) is 6.17. The Morgan fingerprint density at radius 2 is 1.68 bits per heavy atom. The molecule has 0 saturated carbocycles. The molecule has 1 amide bonds. The van der Waals surface area contributed by atoms with Crippen LogP contribution in [0.3, 0.4) is 0 Å². The number of hydrogen-bond donors (Lipinski definition) is 2. The number of fused-ring (bicyclic) bond motifs is 1. The average molecular weight is 373 g/mol. The van der Waals surface area contributed by atoms with Gasteiger partial charge in [-0.05, 0) is 48.5 Å². The van der Waals surface area contributed by atoms with Crippen molar-refractivity contribution in [1.82, 2.24) is 9.97 Å². The van der Waals surface area contributed by atoms with Crippen LogP contribution in [0.25, 0.3) is 22.4 Å². The number of H-pyrrole nitrogens is 1. The second-order valence-electron chi connectivity index (χ2n) is 6.17. The lowest BCUT2D eigenvalue weighted by atomic mass is 10.2. The minimum atomic E-state index is -0.248. The average Bonchev–Trinajstić information content (AvgIpc) is 3.17. The van der Waals surface area contributed by atoms with Gasteiger partial charge < -0.3 is 19.8 Å². The lowest BCUT2D eigenvalue weighted by Crippen LogP contribution is -2.20. The SMILES string of the molecule is COc1ccccc1OCC(=O)Nc1ccc(-c2nc3ccccc3[nH]2)cc1. The fourth-order valence-electron chi connectivity index (χ4n) is 2.88. The fraction of sp³-hybridized carbons (Fsp3) is 0.0909. The number of carbonyl (C=O) groups excluding carboxylic acids is 1. The number of hydrogen-bond acceptors (Lipinski definition) is 4. The molecule has 0 aliphatic heterocycles. The van der Waals surface area contributed by atoms with Gasteiger partial charge in [-0.15, -0.1) is 0 Å². The molecule has 6 nitrogen and oxygen atoms in total. The topological polar surface area (TPSA) is 76.2 Å². The normalized spacial score (nSPS) is 10.6. The zero-order chi connectivity index (χ0) is 19.3. The number of carbonyl (C=O) groups is 1. The Morgan fingerprint density at radius 1 is 0.964 bits per heavy atom. The van der Waals surface area contributed by atoms with Crippen molar-refractivity contribution in [3.05, 3.63) is 72.8 Å². The van der Waals surface area contributed by atoms with Gasteiger partial charge >= 0.3 is 0 Å². The first-order chi connectivity index (χ1) is 13.7. The lowest BCUT2D eigenvalue weighted by molar-refractivity contribution is -0.118. The maximum Gasteiger partial charge on any atom is 0.262 e. The van der Waals surface area contributed by atoms with Crippen molar-refractivity contribution in [2.45, 2.75) is 0 Å². The van der Waals surface area contributed by atoms with Crippen LogP contribution in [0.5, 0.6) is 11.5 Å².